The Balaban J connectivity index is 1.35. The third-order valence-electron chi connectivity index (χ3n) is 5.10. The number of fused-ring (bicyclic) bond motifs is 2. The van der Waals surface area contributed by atoms with Crippen molar-refractivity contribution >= 4 is 39.2 Å². The van der Waals surface area contributed by atoms with E-state index in [0.717, 1.165) is 33.3 Å². The maximum Gasteiger partial charge on any atom is 0.301 e. The van der Waals surface area contributed by atoms with Gasteiger partial charge in [0.2, 0.25) is 0 Å². The predicted molar refractivity (Wildman–Crippen MR) is 124 cm³/mol. The summed E-state index contributed by atoms with van der Waals surface area (Å²) in [7, 11) is 0. The molecule has 0 unspecified atom stereocenters. The van der Waals surface area contributed by atoms with E-state index in [1.165, 1.54) is 0 Å². The standard InChI is InChI=1S/C26H16ClN3O2/c1-16(22-10-7-18-6-8-20(27)13-24(18)29-22)19-3-2-4-21(12-19)31-15-17-5-9-23-25(11-17)32-26(14-28)30-23/h2-13H,1,15H2. The van der Waals surface area contributed by atoms with Crippen molar-refractivity contribution in [3.63, 3.8) is 0 Å². The van der Waals surface area contributed by atoms with Gasteiger partial charge >= 0.3 is 5.89 Å². The van der Waals surface area contributed by atoms with E-state index in [1.54, 1.807) is 0 Å². The molecule has 5 nitrogen and oxygen atoms in total. The Bertz CT molecular complexity index is 1530. The smallest absolute Gasteiger partial charge is 0.301 e. The second-order valence-electron chi connectivity index (χ2n) is 7.26. The number of pyridine rings is 1. The highest BCUT2D eigenvalue weighted by molar-refractivity contribution is 6.31. The topological polar surface area (TPSA) is 71.9 Å². The van der Waals surface area contributed by atoms with Gasteiger partial charge in [-0.3, -0.25) is 0 Å². The fourth-order valence-corrected chi connectivity index (χ4v) is 3.62. The van der Waals surface area contributed by atoms with Crippen LogP contribution in [0.3, 0.4) is 0 Å². The lowest BCUT2D eigenvalue weighted by Crippen LogP contribution is -1.97. The number of ether oxygens (including phenoxy) is 1. The largest absolute Gasteiger partial charge is 0.489 e. The lowest BCUT2D eigenvalue weighted by molar-refractivity contribution is 0.306. The second-order valence-corrected chi connectivity index (χ2v) is 7.70. The van der Waals surface area contributed by atoms with Gasteiger partial charge in [-0.1, -0.05) is 48.5 Å². The van der Waals surface area contributed by atoms with Gasteiger partial charge in [0, 0.05) is 16.0 Å². The highest BCUT2D eigenvalue weighted by Gasteiger charge is 2.09. The minimum Gasteiger partial charge on any atom is -0.489 e. The maximum absolute atomic E-state index is 8.93. The van der Waals surface area contributed by atoms with Crippen LogP contribution in [0, 0.1) is 11.3 Å². The van der Waals surface area contributed by atoms with Crippen LogP contribution in [0.4, 0.5) is 0 Å². The lowest BCUT2D eigenvalue weighted by Gasteiger charge is -2.10. The minimum atomic E-state index is 0.0499. The summed E-state index contributed by atoms with van der Waals surface area (Å²) in [5.41, 5.74) is 5.44. The fourth-order valence-electron chi connectivity index (χ4n) is 3.45. The summed E-state index contributed by atoms with van der Waals surface area (Å²) in [5, 5.41) is 10.6. The van der Waals surface area contributed by atoms with Crippen molar-refractivity contribution in [3.05, 3.63) is 107 Å². The first-order valence-corrected chi connectivity index (χ1v) is 10.3. The Morgan fingerprint density at radius 2 is 1.88 bits per heavy atom. The van der Waals surface area contributed by atoms with Gasteiger partial charge in [-0.05, 0) is 53.6 Å². The third kappa shape index (κ3) is 3.92. The zero-order chi connectivity index (χ0) is 22.1. The molecule has 0 aliphatic heterocycles. The number of aromatic nitrogens is 2. The number of nitrogens with zero attached hydrogens (tertiary/aromatic N) is 3. The molecule has 0 atom stereocenters. The zero-order valence-electron chi connectivity index (χ0n) is 16.9. The van der Waals surface area contributed by atoms with Crippen molar-refractivity contribution in [1.82, 2.24) is 9.97 Å². The van der Waals surface area contributed by atoms with E-state index in [4.69, 9.17) is 31.0 Å². The van der Waals surface area contributed by atoms with E-state index in [1.807, 2.05) is 78.9 Å². The van der Waals surface area contributed by atoms with Crippen LogP contribution in [0.25, 0.3) is 27.6 Å². The Hall–Kier alpha value is -4.14. The number of benzene rings is 3. The zero-order valence-corrected chi connectivity index (χ0v) is 17.6. The van der Waals surface area contributed by atoms with Crippen molar-refractivity contribution < 1.29 is 9.15 Å². The number of hydrogen-bond acceptors (Lipinski definition) is 5. The van der Waals surface area contributed by atoms with Gasteiger partial charge in [0.05, 0.1) is 11.2 Å². The van der Waals surface area contributed by atoms with Crippen molar-refractivity contribution in [2.24, 2.45) is 0 Å². The minimum absolute atomic E-state index is 0.0499. The lowest BCUT2D eigenvalue weighted by atomic mass is 10.0. The highest BCUT2D eigenvalue weighted by Crippen LogP contribution is 2.27. The van der Waals surface area contributed by atoms with Crippen LogP contribution in [0.2, 0.25) is 5.02 Å². The number of hydrogen-bond donors (Lipinski definition) is 0. The van der Waals surface area contributed by atoms with Crippen LogP contribution in [0.15, 0.2) is 83.8 Å². The van der Waals surface area contributed by atoms with Crippen LogP contribution in [-0.4, -0.2) is 9.97 Å². The first-order chi connectivity index (χ1) is 15.6. The number of nitriles is 1. The average Bonchev–Trinajstić information content (AvgIpc) is 3.24. The molecule has 0 N–H and O–H groups in total. The monoisotopic (exact) mass is 437 g/mol. The van der Waals surface area contributed by atoms with Crippen molar-refractivity contribution in [1.29, 1.82) is 5.26 Å². The third-order valence-corrected chi connectivity index (χ3v) is 5.33. The SMILES string of the molecule is C=C(c1cccc(OCc2ccc3nc(C#N)oc3c2)c1)c1ccc2ccc(Cl)cc2n1. The van der Waals surface area contributed by atoms with Gasteiger partial charge in [-0.25, -0.2) is 4.98 Å². The van der Waals surface area contributed by atoms with Crippen molar-refractivity contribution in [2.45, 2.75) is 6.61 Å². The summed E-state index contributed by atoms with van der Waals surface area (Å²) in [6, 6.07) is 24.8. The molecule has 0 aliphatic carbocycles. The molecule has 0 spiro atoms. The van der Waals surface area contributed by atoms with Gasteiger partial charge in [0.1, 0.15) is 17.9 Å². The molecule has 0 radical (unpaired) electrons. The summed E-state index contributed by atoms with van der Waals surface area (Å²) < 4.78 is 11.4. The molecule has 0 saturated carbocycles. The Labute approximate surface area is 189 Å². The molecule has 2 heterocycles. The summed E-state index contributed by atoms with van der Waals surface area (Å²) in [4.78, 5) is 8.79. The molecular formula is C26H16ClN3O2. The van der Waals surface area contributed by atoms with Crippen LogP contribution in [-0.2, 0) is 6.61 Å². The van der Waals surface area contributed by atoms with Gasteiger partial charge in [-0.15, -0.1) is 0 Å². The Kier molecular flexibility index (Phi) is 5.06. The molecule has 0 aliphatic rings. The molecule has 3 aromatic carbocycles. The van der Waals surface area contributed by atoms with E-state index in [9.17, 15) is 0 Å². The molecule has 2 aromatic heterocycles. The second kappa shape index (κ2) is 8.18. The maximum atomic E-state index is 8.93. The van der Waals surface area contributed by atoms with E-state index < -0.39 is 0 Å². The summed E-state index contributed by atoms with van der Waals surface area (Å²) in [5.74, 6) is 0.761. The molecule has 0 fully saturated rings. The van der Waals surface area contributed by atoms with E-state index in [2.05, 4.69) is 11.6 Å². The molecule has 154 valence electrons. The van der Waals surface area contributed by atoms with E-state index in [0.29, 0.717) is 28.5 Å². The van der Waals surface area contributed by atoms with Gasteiger partial charge < -0.3 is 9.15 Å². The van der Waals surface area contributed by atoms with Crippen molar-refractivity contribution in [3.8, 4) is 11.8 Å². The van der Waals surface area contributed by atoms with Gasteiger partial charge in [0.15, 0.2) is 11.7 Å². The summed E-state index contributed by atoms with van der Waals surface area (Å²) in [6.45, 7) is 4.58. The first-order valence-electron chi connectivity index (χ1n) is 9.87. The van der Waals surface area contributed by atoms with Crippen molar-refractivity contribution in [2.75, 3.05) is 0 Å². The molecule has 0 saturated heterocycles. The van der Waals surface area contributed by atoms with Gasteiger partial charge in [-0.2, -0.15) is 10.2 Å². The first kappa shape index (κ1) is 19.8. The number of oxazole rings is 1. The van der Waals surface area contributed by atoms with Crippen LogP contribution in [0.5, 0.6) is 5.75 Å². The van der Waals surface area contributed by atoms with Crippen LogP contribution in [0.1, 0.15) is 22.7 Å². The summed E-state index contributed by atoms with van der Waals surface area (Å²) >= 11 is 6.11. The molecule has 5 aromatic rings. The fraction of sp³-hybridized carbons (Fsp3) is 0.0385. The predicted octanol–water partition coefficient (Wildman–Crippen LogP) is 6.54. The number of halogens is 1. The van der Waals surface area contributed by atoms with E-state index in [-0.39, 0.29) is 5.89 Å². The molecule has 0 bridgehead atoms. The molecule has 0 amide bonds. The van der Waals surface area contributed by atoms with E-state index >= 15 is 0 Å². The van der Waals surface area contributed by atoms with Crippen LogP contribution < -0.4 is 4.74 Å². The number of rotatable bonds is 5. The summed E-state index contributed by atoms with van der Waals surface area (Å²) in [6.07, 6.45) is 0. The Morgan fingerprint density at radius 1 is 1.00 bits per heavy atom. The molecule has 32 heavy (non-hydrogen) atoms. The molecule has 5 rings (SSSR count). The molecule has 6 heteroatoms. The Morgan fingerprint density at radius 3 is 2.75 bits per heavy atom. The molecular weight excluding hydrogens is 422 g/mol. The highest BCUT2D eigenvalue weighted by atomic mass is 35.5. The normalized spacial score (nSPS) is 10.9. The van der Waals surface area contributed by atoms with Crippen LogP contribution >= 0.6 is 11.6 Å². The van der Waals surface area contributed by atoms with Gasteiger partial charge in [0.25, 0.3) is 0 Å². The average molecular weight is 438 g/mol. The quantitative estimate of drug-likeness (QED) is 0.312.